The minimum Gasteiger partial charge on any atom is -0.444 e. The maximum atomic E-state index is 13.0. The molecule has 0 aliphatic carbocycles. The number of carbonyl (C=O) groups excluding carboxylic acids is 1. The van der Waals surface area contributed by atoms with Gasteiger partial charge in [0.05, 0.1) is 17.7 Å². The zero-order valence-electron chi connectivity index (χ0n) is 17.0. The van der Waals surface area contributed by atoms with Crippen LogP contribution in [0, 0.1) is 0 Å². The number of nitrogens with zero attached hydrogens (tertiary/aromatic N) is 2. The van der Waals surface area contributed by atoms with Gasteiger partial charge in [-0.3, -0.25) is 4.90 Å². The largest absolute Gasteiger partial charge is 0.444 e. The van der Waals surface area contributed by atoms with Gasteiger partial charge >= 0.3 is 12.3 Å². The third kappa shape index (κ3) is 4.85. The van der Waals surface area contributed by atoms with Gasteiger partial charge in [-0.1, -0.05) is 30.3 Å². The number of aliphatic hydroxyl groups is 1. The van der Waals surface area contributed by atoms with Gasteiger partial charge < -0.3 is 14.7 Å². The predicted molar refractivity (Wildman–Crippen MR) is 110 cm³/mol. The van der Waals surface area contributed by atoms with Crippen molar-refractivity contribution in [3.05, 3.63) is 65.7 Å². The summed E-state index contributed by atoms with van der Waals surface area (Å²) in [7, 11) is 0. The zero-order chi connectivity index (χ0) is 22.1. The van der Waals surface area contributed by atoms with E-state index < -0.39 is 17.3 Å². The number of hydrogen-bond acceptors (Lipinski definition) is 4. The molecule has 8 heteroatoms. The molecule has 2 aromatic rings. The van der Waals surface area contributed by atoms with Crippen molar-refractivity contribution in [1.82, 2.24) is 4.90 Å². The van der Waals surface area contributed by atoms with Gasteiger partial charge in [0.25, 0.3) is 0 Å². The summed E-state index contributed by atoms with van der Waals surface area (Å²) in [6, 6.07) is 14.3. The molecule has 0 radical (unpaired) electrons. The SMILES string of the molecule is O=C1OC(CCN2CCC(O)(c3cccc(C(F)(F)F)c3)CC2)CN1c1ccccc1. The topological polar surface area (TPSA) is 53.0 Å². The van der Waals surface area contributed by atoms with Crippen LogP contribution in [-0.4, -0.2) is 48.4 Å². The summed E-state index contributed by atoms with van der Waals surface area (Å²) in [5.74, 6) is 0. The Morgan fingerprint density at radius 2 is 1.77 bits per heavy atom. The molecule has 1 unspecified atom stereocenters. The Morgan fingerprint density at radius 1 is 1.06 bits per heavy atom. The minimum atomic E-state index is -4.43. The van der Waals surface area contributed by atoms with E-state index in [4.69, 9.17) is 4.74 Å². The van der Waals surface area contributed by atoms with Crippen molar-refractivity contribution >= 4 is 11.8 Å². The molecule has 0 saturated carbocycles. The quantitative estimate of drug-likeness (QED) is 0.758. The average Bonchev–Trinajstić information content (AvgIpc) is 3.14. The highest BCUT2D eigenvalue weighted by atomic mass is 19.4. The summed E-state index contributed by atoms with van der Waals surface area (Å²) in [5, 5.41) is 11.0. The zero-order valence-corrected chi connectivity index (χ0v) is 17.0. The third-order valence-electron chi connectivity index (χ3n) is 6.12. The van der Waals surface area contributed by atoms with Crippen LogP contribution in [0.4, 0.5) is 23.7 Å². The van der Waals surface area contributed by atoms with Crippen LogP contribution in [0.3, 0.4) is 0 Å². The molecule has 1 amide bonds. The van der Waals surface area contributed by atoms with Crippen LogP contribution in [-0.2, 0) is 16.5 Å². The highest BCUT2D eigenvalue weighted by Crippen LogP contribution is 2.37. The van der Waals surface area contributed by atoms with Gasteiger partial charge in [-0.2, -0.15) is 13.2 Å². The molecule has 4 rings (SSSR count). The minimum absolute atomic E-state index is 0.211. The first-order valence-electron chi connectivity index (χ1n) is 10.4. The van der Waals surface area contributed by atoms with Crippen LogP contribution in [0.25, 0.3) is 0 Å². The lowest BCUT2D eigenvalue weighted by molar-refractivity contribution is -0.137. The molecular formula is C23H25F3N2O3. The predicted octanol–water partition coefficient (Wildman–Crippen LogP) is 4.40. The van der Waals surface area contributed by atoms with E-state index >= 15 is 0 Å². The molecule has 31 heavy (non-hydrogen) atoms. The summed E-state index contributed by atoms with van der Waals surface area (Å²) in [6.07, 6.45) is -3.62. The highest BCUT2D eigenvalue weighted by molar-refractivity contribution is 5.89. The van der Waals surface area contributed by atoms with Gasteiger partial charge in [0.2, 0.25) is 0 Å². The molecule has 2 aromatic carbocycles. The van der Waals surface area contributed by atoms with Crippen molar-refractivity contribution in [2.45, 2.75) is 37.1 Å². The van der Waals surface area contributed by atoms with Crippen LogP contribution in [0.2, 0.25) is 0 Å². The van der Waals surface area contributed by atoms with Crippen molar-refractivity contribution < 1.29 is 27.8 Å². The Labute approximate surface area is 179 Å². The fourth-order valence-electron chi connectivity index (χ4n) is 4.24. The number of alkyl halides is 3. The number of amides is 1. The second kappa shape index (κ2) is 8.51. The van der Waals surface area contributed by atoms with E-state index in [-0.39, 0.29) is 12.2 Å². The molecule has 2 saturated heterocycles. The van der Waals surface area contributed by atoms with E-state index in [1.165, 1.54) is 6.07 Å². The number of carbonyl (C=O) groups is 1. The second-order valence-corrected chi connectivity index (χ2v) is 8.19. The van der Waals surface area contributed by atoms with E-state index in [0.29, 0.717) is 51.0 Å². The molecule has 1 N–H and O–H groups in total. The fraction of sp³-hybridized carbons (Fsp3) is 0.435. The molecule has 0 bridgehead atoms. The van der Waals surface area contributed by atoms with Crippen LogP contribution in [0.15, 0.2) is 54.6 Å². The van der Waals surface area contributed by atoms with Crippen LogP contribution >= 0.6 is 0 Å². The second-order valence-electron chi connectivity index (χ2n) is 8.19. The van der Waals surface area contributed by atoms with Gasteiger partial charge in [-0.25, -0.2) is 4.79 Å². The maximum Gasteiger partial charge on any atom is 0.416 e. The summed E-state index contributed by atoms with van der Waals surface area (Å²) < 4.78 is 44.5. The lowest BCUT2D eigenvalue weighted by atomic mass is 9.83. The lowest BCUT2D eigenvalue weighted by Crippen LogP contribution is -2.43. The Balaban J connectivity index is 1.29. The summed E-state index contributed by atoms with van der Waals surface area (Å²) in [4.78, 5) is 15.9. The maximum absolute atomic E-state index is 13.0. The Kier molecular flexibility index (Phi) is 5.94. The number of benzene rings is 2. The Hall–Kier alpha value is -2.58. The van der Waals surface area contributed by atoms with Crippen molar-refractivity contribution in [1.29, 1.82) is 0 Å². The van der Waals surface area contributed by atoms with Crippen molar-refractivity contribution in [2.24, 2.45) is 0 Å². The number of halogens is 3. The number of para-hydroxylation sites is 1. The van der Waals surface area contributed by atoms with E-state index in [1.807, 2.05) is 30.3 Å². The highest BCUT2D eigenvalue weighted by Gasteiger charge is 2.38. The van der Waals surface area contributed by atoms with Crippen LogP contribution in [0.1, 0.15) is 30.4 Å². The van der Waals surface area contributed by atoms with Crippen LogP contribution < -0.4 is 4.90 Å². The molecule has 0 aromatic heterocycles. The number of rotatable bonds is 5. The molecule has 2 aliphatic rings. The average molecular weight is 434 g/mol. The Bertz CT molecular complexity index is 912. The number of anilines is 1. The first-order chi connectivity index (χ1) is 14.7. The molecule has 166 valence electrons. The van der Waals surface area contributed by atoms with Gasteiger partial charge in [-0.15, -0.1) is 0 Å². The van der Waals surface area contributed by atoms with Crippen molar-refractivity contribution in [3.8, 4) is 0 Å². The molecule has 2 heterocycles. The normalized spacial score (nSPS) is 21.9. The number of ether oxygens (including phenoxy) is 1. The third-order valence-corrected chi connectivity index (χ3v) is 6.12. The monoisotopic (exact) mass is 434 g/mol. The summed E-state index contributed by atoms with van der Waals surface area (Å²) >= 11 is 0. The smallest absolute Gasteiger partial charge is 0.416 e. The first kappa shape index (κ1) is 21.6. The Morgan fingerprint density at radius 3 is 2.45 bits per heavy atom. The van der Waals surface area contributed by atoms with Gasteiger partial charge in [0.15, 0.2) is 0 Å². The number of piperidine rings is 1. The lowest BCUT2D eigenvalue weighted by Gasteiger charge is -2.39. The number of cyclic esters (lactones) is 1. The van der Waals surface area contributed by atoms with Gasteiger partial charge in [0, 0.05) is 25.3 Å². The van der Waals surface area contributed by atoms with E-state index in [9.17, 15) is 23.1 Å². The van der Waals surface area contributed by atoms with Crippen LogP contribution in [0.5, 0.6) is 0 Å². The molecule has 2 aliphatic heterocycles. The van der Waals surface area contributed by atoms with Crippen molar-refractivity contribution in [3.63, 3.8) is 0 Å². The van der Waals surface area contributed by atoms with E-state index in [1.54, 1.807) is 11.0 Å². The van der Waals surface area contributed by atoms with Gasteiger partial charge in [0.1, 0.15) is 6.10 Å². The molecule has 2 fully saturated rings. The summed E-state index contributed by atoms with van der Waals surface area (Å²) in [6.45, 7) is 2.32. The van der Waals surface area contributed by atoms with E-state index in [2.05, 4.69) is 4.90 Å². The number of likely N-dealkylation sites (tertiary alicyclic amines) is 1. The van der Waals surface area contributed by atoms with E-state index in [0.717, 1.165) is 17.8 Å². The fourth-order valence-corrected chi connectivity index (χ4v) is 4.24. The van der Waals surface area contributed by atoms with Gasteiger partial charge in [-0.05, 0) is 49.1 Å². The molecule has 1 atom stereocenters. The molecule has 5 nitrogen and oxygen atoms in total. The summed E-state index contributed by atoms with van der Waals surface area (Å²) in [5.41, 5.74) is -0.891. The number of hydrogen-bond donors (Lipinski definition) is 1. The molecular weight excluding hydrogens is 409 g/mol. The standard InChI is InChI=1S/C23H25F3N2O3/c24-23(25,26)18-6-4-5-17(15-18)22(30)10-13-27(14-11-22)12-9-20-16-28(21(29)31-20)19-7-2-1-3-8-19/h1-8,15,20,30H,9-14,16H2. The first-order valence-corrected chi connectivity index (χ1v) is 10.4. The van der Waals surface area contributed by atoms with Crippen molar-refractivity contribution in [2.75, 3.05) is 31.1 Å². The molecule has 0 spiro atoms.